The molecule has 0 spiro atoms. The largest absolute Gasteiger partial charge is 0.497 e. The van der Waals surface area contributed by atoms with Gasteiger partial charge in [-0.1, -0.05) is 18.2 Å². The van der Waals surface area contributed by atoms with Crippen molar-refractivity contribution in [2.75, 3.05) is 26.7 Å². The van der Waals surface area contributed by atoms with Crippen LogP contribution >= 0.6 is 0 Å². The third-order valence-electron chi connectivity index (χ3n) is 7.23. The molecule has 1 amide bonds. The Morgan fingerprint density at radius 2 is 2.10 bits per heavy atom. The minimum atomic E-state index is -0.360. The van der Waals surface area contributed by atoms with Gasteiger partial charge in [0.2, 0.25) is 0 Å². The Labute approximate surface area is 182 Å². The summed E-state index contributed by atoms with van der Waals surface area (Å²) in [6.07, 6.45) is 3.02. The van der Waals surface area contributed by atoms with Crippen LogP contribution in [0, 0.1) is 11.8 Å². The topological polar surface area (TPSA) is 72.8 Å². The smallest absolute Gasteiger partial charge is 0.418 e. The third-order valence-corrected chi connectivity index (χ3v) is 7.23. The van der Waals surface area contributed by atoms with E-state index in [0.29, 0.717) is 6.54 Å². The zero-order valence-electron chi connectivity index (χ0n) is 18.3. The highest BCUT2D eigenvalue weighted by atomic mass is 16.5. The summed E-state index contributed by atoms with van der Waals surface area (Å²) < 4.78 is 12.8. The SMILES string of the molecule is CCNC(=O)C1=CO[C@@H](C)[C@H]2CN3CCc4c(n(C(=O)OC)c5ccccc45)[C@H]3C[C@H]12. The average molecular weight is 424 g/mol. The van der Waals surface area contributed by atoms with Gasteiger partial charge in [-0.2, -0.15) is 0 Å². The average Bonchev–Trinajstić information content (AvgIpc) is 3.13. The lowest BCUT2D eigenvalue weighted by molar-refractivity contribution is -0.120. The molecule has 1 saturated heterocycles. The Kier molecular flexibility index (Phi) is 5.01. The number of likely N-dealkylation sites (N-methyl/N-ethyl adjacent to an activating group) is 1. The molecule has 7 nitrogen and oxygen atoms in total. The molecule has 2 aromatic rings. The Morgan fingerprint density at radius 1 is 1.29 bits per heavy atom. The van der Waals surface area contributed by atoms with Crippen LogP contribution in [-0.4, -0.2) is 54.3 Å². The second-order valence-corrected chi connectivity index (χ2v) is 8.73. The number of carbonyl (C=O) groups is 2. The van der Waals surface area contributed by atoms with Crippen LogP contribution in [0.2, 0.25) is 0 Å². The van der Waals surface area contributed by atoms with Crippen LogP contribution in [0.1, 0.15) is 37.6 Å². The summed E-state index contributed by atoms with van der Waals surface area (Å²) in [6, 6.07) is 8.10. The van der Waals surface area contributed by atoms with Crippen molar-refractivity contribution in [1.29, 1.82) is 0 Å². The van der Waals surface area contributed by atoms with E-state index < -0.39 is 0 Å². The second-order valence-electron chi connectivity index (χ2n) is 8.73. The van der Waals surface area contributed by atoms with Crippen LogP contribution in [0.4, 0.5) is 4.79 Å². The third kappa shape index (κ3) is 3.05. The molecule has 1 aromatic heterocycles. The van der Waals surface area contributed by atoms with Crippen LogP contribution < -0.4 is 5.32 Å². The van der Waals surface area contributed by atoms with E-state index in [0.717, 1.165) is 48.1 Å². The molecule has 0 aliphatic carbocycles. The van der Waals surface area contributed by atoms with Crippen molar-refractivity contribution in [2.45, 2.75) is 38.8 Å². The number of hydrogen-bond acceptors (Lipinski definition) is 5. The highest BCUT2D eigenvalue weighted by Crippen LogP contribution is 2.48. The summed E-state index contributed by atoms with van der Waals surface area (Å²) in [7, 11) is 1.43. The number of aromatic nitrogens is 1. The molecule has 5 rings (SSSR count). The van der Waals surface area contributed by atoms with Crippen LogP contribution in [0.15, 0.2) is 36.1 Å². The zero-order valence-corrected chi connectivity index (χ0v) is 18.3. The number of nitrogens with one attached hydrogen (secondary N) is 1. The van der Waals surface area contributed by atoms with E-state index in [1.54, 1.807) is 10.8 Å². The number of amides is 1. The van der Waals surface area contributed by atoms with Crippen LogP contribution in [0.25, 0.3) is 10.9 Å². The summed E-state index contributed by atoms with van der Waals surface area (Å²) in [5.74, 6) is 0.283. The number of carbonyl (C=O) groups excluding carboxylic acids is 2. The number of rotatable bonds is 2. The first-order valence-electron chi connectivity index (χ1n) is 11.1. The molecule has 164 valence electrons. The molecule has 1 aromatic carbocycles. The van der Waals surface area contributed by atoms with Gasteiger partial charge in [0.15, 0.2) is 0 Å². The number of ether oxygens (including phenoxy) is 2. The van der Waals surface area contributed by atoms with E-state index in [4.69, 9.17) is 9.47 Å². The van der Waals surface area contributed by atoms with E-state index in [1.807, 2.05) is 25.1 Å². The Bertz CT molecular complexity index is 1070. The molecular formula is C24H29N3O4. The normalized spacial score (nSPS) is 27.4. The monoisotopic (exact) mass is 423 g/mol. The molecule has 0 saturated carbocycles. The number of piperidine rings is 1. The van der Waals surface area contributed by atoms with E-state index in [1.165, 1.54) is 12.7 Å². The standard InChI is InChI=1S/C24H29N3O4/c1-4-25-23(28)19-13-31-14(2)18-12-26-10-9-16-15-7-5-6-8-20(15)27(24(29)30-3)22(16)21(26)11-17(18)19/h5-8,13-14,17-18,21H,4,9-12H2,1-3H3,(H,25,28)/t14-,17-,18+,21+/m0/s1. The summed E-state index contributed by atoms with van der Waals surface area (Å²) in [5.41, 5.74) is 3.86. The number of para-hydroxylation sites is 1. The Balaban J connectivity index is 1.61. The zero-order chi connectivity index (χ0) is 21.7. The summed E-state index contributed by atoms with van der Waals surface area (Å²) >= 11 is 0. The fraction of sp³-hybridized carbons (Fsp3) is 0.500. The van der Waals surface area contributed by atoms with Gasteiger partial charge in [-0.15, -0.1) is 0 Å². The van der Waals surface area contributed by atoms with Crippen molar-refractivity contribution in [1.82, 2.24) is 14.8 Å². The maximum absolute atomic E-state index is 12.9. The van der Waals surface area contributed by atoms with Crippen LogP contribution in [0.3, 0.4) is 0 Å². The number of methoxy groups -OCH3 is 1. The van der Waals surface area contributed by atoms with Crippen LogP contribution in [-0.2, 0) is 20.7 Å². The highest BCUT2D eigenvalue weighted by molar-refractivity contribution is 5.95. The van der Waals surface area contributed by atoms with Gasteiger partial charge in [0, 0.05) is 36.9 Å². The van der Waals surface area contributed by atoms with Gasteiger partial charge < -0.3 is 14.8 Å². The molecule has 3 aliphatic rings. The molecule has 7 heteroatoms. The van der Waals surface area contributed by atoms with E-state index in [2.05, 4.69) is 23.2 Å². The molecule has 0 unspecified atom stereocenters. The van der Waals surface area contributed by atoms with Gasteiger partial charge in [0.1, 0.15) is 0 Å². The van der Waals surface area contributed by atoms with Crippen molar-refractivity contribution in [3.05, 3.63) is 47.4 Å². The van der Waals surface area contributed by atoms with E-state index >= 15 is 0 Å². The van der Waals surface area contributed by atoms with Gasteiger partial charge in [0.05, 0.1) is 42.3 Å². The molecule has 4 atom stereocenters. The molecule has 0 bridgehead atoms. The maximum Gasteiger partial charge on any atom is 0.418 e. The number of hydrogen-bond donors (Lipinski definition) is 1. The fourth-order valence-electron chi connectivity index (χ4n) is 5.79. The van der Waals surface area contributed by atoms with Crippen molar-refractivity contribution < 1.29 is 19.1 Å². The first kappa shape index (κ1) is 20.1. The number of benzene rings is 1. The minimum Gasteiger partial charge on any atom is -0.497 e. The molecule has 31 heavy (non-hydrogen) atoms. The van der Waals surface area contributed by atoms with Gasteiger partial charge >= 0.3 is 6.09 Å². The van der Waals surface area contributed by atoms with Gasteiger partial charge in [0.25, 0.3) is 5.91 Å². The highest BCUT2D eigenvalue weighted by Gasteiger charge is 2.47. The lowest BCUT2D eigenvalue weighted by Gasteiger charge is -2.49. The van der Waals surface area contributed by atoms with Crippen molar-refractivity contribution >= 4 is 22.9 Å². The minimum absolute atomic E-state index is 0.0528. The molecule has 1 fully saturated rings. The second kappa shape index (κ2) is 7.71. The van der Waals surface area contributed by atoms with Gasteiger partial charge in [-0.3, -0.25) is 9.69 Å². The predicted molar refractivity (Wildman–Crippen MR) is 117 cm³/mol. The molecule has 0 radical (unpaired) electrons. The Morgan fingerprint density at radius 3 is 2.87 bits per heavy atom. The number of nitrogens with zero attached hydrogens (tertiary/aromatic N) is 2. The lowest BCUT2D eigenvalue weighted by atomic mass is 9.72. The van der Waals surface area contributed by atoms with Gasteiger partial charge in [-0.25, -0.2) is 9.36 Å². The summed E-state index contributed by atoms with van der Waals surface area (Å²) in [6.45, 7) is 6.37. The van der Waals surface area contributed by atoms with Crippen molar-refractivity contribution in [3.63, 3.8) is 0 Å². The lowest BCUT2D eigenvalue weighted by Crippen LogP contribution is -2.52. The molecule has 1 N–H and O–H groups in total. The Hall–Kier alpha value is -2.80. The van der Waals surface area contributed by atoms with Gasteiger partial charge in [-0.05, 0) is 38.3 Å². The first-order chi connectivity index (χ1) is 15.0. The molecule has 3 aliphatic heterocycles. The summed E-state index contributed by atoms with van der Waals surface area (Å²) in [5, 5.41) is 4.05. The van der Waals surface area contributed by atoms with E-state index in [-0.39, 0.29) is 36.0 Å². The predicted octanol–water partition coefficient (Wildman–Crippen LogP) is 3.23. The molecular weight excluding hydrogens is 394 g/mol. The number of fused-ring (bicyclic) bond motifs is 6. The first-order valence-corrected chi connectivity index (χ1v) is 11.1. The van der Waals surface area contributed by atoms with Crippen LogP contribution in [0.5, 0.6) is 0 Å². The van der Waals surface area contributed by atoms with E-state index in [9.17, 15) is 9.59 Å². The van der Waals surface area contributed by atoms with Crippen molar-refractivity contribution in [3.8, 4) is 0 Å². The quantitative estimate of drug-likeness (QED) is 0.803. The maximum atomic E-state index is 12.9. The fourth-order valence-corrected chi connectivity index (χ4v) is 5.79. The summed E-state index contributed by atoms with van der Waals surface area (Å²) in [4.78, 5) is 28.1. The van der Waals surface area contributed by atoms with Crippen molar-refractivity contribution in [2.24, 2.45) is 11.8 Å². The molecule has 4 heterocycles.